The van der Waals surface area contributed by atoms with Crippen LogP contribution >= 0.6 is 0 Å². The zero-order valence-electron chi connectivity index (χ0n) is 8.13. The maximum Gasteiger partial charge on any atom is 0.482 e. The van der Waals surface area contributed by atoms with Crippen LogP contribution in [0.2, 0.25) is 0 Å². The van der Waals surface area contributed by atoms with Crippen LogP contribution < -0.4 is 10.6 Å². The number of halogens is 5. The van der Waals surface area contributed by atoms with Crippen LogP contribution in [0.3, 0.4) is 0 Å². The van der Waals surface area contributed by atoms with Gasteiger partial charge in [-0.3, -0.25) is 0 Å². The van der Waals surface area contributed by atoms with Gasteiger partial charge in [-0.15, -0.1) is 0 Å². The Kier molecular flexibility index (Phi) is 5.99. The van der Waals surface area contributed by atoms with E-state index in [9.17, 15) is 22.0 Å². The molecular weight excluding hydrogens is 223 g/mol. The fourth-order valence-corrected chi connectivity index (χ4v) is 0.672. The molecule has 0 heterocycles. The molecule has 0 bridgehead atoms. The van der Waals surface area contributed by atoms with Gasteiger partial charge in [0.2, 0.25) is 0 Å². The third kappa shape index (κ3) is 5.85. The lowest BCUT2D eigenvalue weighted by atomic mass is 10.5. The molecule has 0 rings (SSSR count). The van der Waals surface area contributed by atoms with Gasteiger partial charge in [-0.2, -0.15) is 22.0 Å². The van der Waals surface area contributed by atoms with E-state index in [1.54, 1.807) is 7.05 Å². The zero-order valence-corrected chi connectivity index (χ0v) is 8.13. The summed E-state index contributed by atoms with van der Waals surface area (Å²) >= 11 is 0. The van der Waals surface area contributed by atoms with Crippen molar-refractivity contribution < 1.29 is 26.7 Å². The second-order valence-corrected chi connectivity index (χ2v) is 2.72. The van der Waals surface area contributed by atoms with Crippen molar-refractivity contribution in [3.05, 3.63) is 0 Å². The molecule has 0 amide bonds. The molecular formula is C7H13F5N2O. The molecule has 0 aliphatic carbocycles. The fourth-order valence-electron chi connectivity index (χ4n) is 0.672. The second kappa shape index (κ2) is 6.19. The Hall–Kier alpha value is -0.470. The zero-order chi connectivity index (χ0) is 11.9. The number of ether oxygens (including phenoxy) is 1. The van der Waals surface area contributed by atoms with Crippen molar-refractivity contribution in [3.63, 3.8) is 0 Å². The standard InChI is InChI=1S/C7H13F5N2O/c1-13-2-3-14-4-5-15-7(11,12)6(8,9)10/h13-14H,2-5H2,1H3. The SMILES string of the molecule is CNCCNCCOC(F)(F)C(F)(F)F. The topological polar surface area (TPSA) is 33.3 Å². The van der Waals surface area contributed by atoms with E-state index in [4.69, 9.17) is 0 Å². The van der Waals surface area contributed by atoms with Crippen molar-refractivity contribution in [2.75, 3.05) is 33.3 Å². The molecule has 0 spiro atoms. The highest BCUT2D eigenvalue weighted by molar-refractivity contribution is 4.64. The Labute approximate surface area is 84.0 Å². The average Bonchev–Trinajstić information content (AvgIpc) is 2.09. The van der Waals surface area contributed by atoms with Crippen molar-refractivity contribution in [1.29, 1.82) is 0 Å². The molecule has 8 heteroatoms. The van der Waals surface area contributed by atoms with Gasteiger partial charge in [0, 0.05) is 19.6 Å². The molecule has 0 aromatic heterocycles. The minimum atomic E-state index is -5.65. The summed E-state index contributed by atoms with van der Waals surface area (Å²) in [5.74, 6) is 0. The second-order valence-electron chi connectivity index (χ2n) is 2.72. The lowest BCUT2D eigenvalue weighted by molar-refractivity contribution is -0.390. The quantitative estimate of drug-likeness (QED) is 0.510. The highest BCUT2D eigenvalue weighted by Gasteiger charge is 2.59. The summed E-state index contributed by atoms with van der Waals surface area (Å²) in [7, 11) is 1.69. The fraction of sp³-hybridized carbons (Fsp3) is 1.00. The molecule has 0 aliphatic heterocycles. The van der Waals surface area contributed by atoms with E-state index >= 15 is 0 Å². The van der Waals surface area contributed by atoms with Crippen LogP contribution in [0.5, 0.6) is 0 Å². The van der Waals surface area contributed by atoms with E-state index < -0.39 is 18.9 Å². The molecule has 3 nitrogen and oxygen atoms in total. The molecule has 0 saturated heterocycles. The molecule has 15 heavy (non-hydrogen) atoms. The predicted octanol–water partition coefficient (Wildman–Crippen LogP) is 0.967. The summed E-state index contributed by atoms with van der Waals surface area (Å²) in [6.45, 7) is 0.302. The minimum Gasteiger partial charge on any atom is -0.318 e. The number of likely N-dealkylation sites (N-methyl/N-ethyl adjacent to an activating group) is 1. The number of rotatable bonds is 7. The molecule has 0 radical (unpaired) electrons. The van der Waals surface area contributed by atoms with Gasteiger partial charge in [-0.25, -0.2) is 0 Å². The highest BCUT2D eigenvalue weighted by atomic mass is 19.4. The van der Waals surface area contributed by atoms with Crippen molar-refractivity contribution >= 4 is 0 Å². The van der Waals surface area contributed by atoms with Gasteiger partial charge in [0.25, 0.3) is 0 Å². The Bertz CT molecular complexity index is 173. The van der Waals surface area contributed by atoms with Crippen LogP contribution in [0.1, 0.15) is 0 Å². The Morgan fingerprint density at radius 1 is 1.00 bits per heavy atom. The van der Waals surface area contributed by atoms with Crippen LogP contribution in [0, 0.1) is 0 Å². The van der Waals surface area contributed by atoms with E-state index in [-0.39, 0.29) is 6.54 Å². The number of alkyl halides is 5. The van der Waals surface area contributed by atoms with Crippen LogP contribution in [-0.2, 0) is 4.74 Å². The first-order chi connectivity index (χ1) is 6.81. The van der Waals surface area contributed by atoms with Crippen molar-refractivity contribution in [2.45, 2.75) is 12.3 Å². The smallest absolute Gasteiger partial charge is 0.318 e. The molecule has 0 aromatic rings. The van der Waals surface area contributed by atoms with Crippen molar-refractivity contribution in [3.8, 4) is 0 Å². The van der Waals surface area contributed by atoms with Gasteiger partial charge in [0.05, 0.1) is 6.61 Å². The first-order valence-electron chi connectivity index (χ1n) is 4.25. The van der Waals surface area contributed by atoms with Crippen LogP contribution in [0.4, 0.5) is 22.0 Å². The van der Waals surface area contributed by atoms with E-state index in [1.807, 2.05) is 0 Å². The molecule has 0 unspecified atom stereocenters. The summed E-state index contributed by atoms with van der Waals surface area (Å²) in [6.07, 6.45) is -10.7. The molecule has 2 N–H and O–H groups in total. The van der Waals surface area contributed by atoms with Gasteiger partial charge in [-0.05, 0) is 7.05 Å². The van der Waals surface area contributed by atoms with Crippen molar-refractivity contribution in [2.24, 2.45) is 0 Å². The first kappa shape index (κ1) is 14.5. The van der Waals surface area contributed by atoms with Crippen molar-refractivity contribution in [1.82, 2.24) is 10.6 Å². The van der Waals surface area contributed by atoms with Gasteiger partial charge in [0.15, 0.2) is 0 Å². The lowest BCUT2D eigenvalue weighted by Gasteiger charge is -2.19. The summed E-state index contributed by atoms with van der Waals surface area (Å²) in [4.78, 5) is 0. The highest BCUT2D eigenvalue weighted by Crippen LogP contribution is 2.35. The Balaban J connectivity index is 3.58. The summed E-state index contributed by atoms with van der Waals surface area (Å²) < 4.78 is 62.3. The summed E-state index contributed by atoms with van der Waals surface area (Å²) in [5, 5.41) is 5.39. The molecule has 0 aromatic carbocycles. The maximum atomic E-state index is 12.1. The first-order valence-corrected chi connectivity index (χ1v) is 4.25. The van der Waals surface area contributed by atoms with Crippen LogP contribution in [-0.4, -0.2) is 45.6 Å². The van der Waals surface area contributed by atoms with Gasteiger partial charge >= 0.3 is 12.3 Å². The van der Waals surface area contributed by atoms with Gasteiger partial charge < -0.3 is 15.4 Å². The van der Waals surface area contributed by atoms with E-state index in [1.165, 1.54) is 0 Å². The van der Waals surface area contributed by atoms with Gasteiger partial charge in [0.1, 0.15) is 0 Å². The van der Waals surface area contributed by atoms with E-state index in [0.29, 0.717) is 13.1 Å². The number of hydrogen-bond donors (Lipinski definition) is 2. The number of hydrogen-bond acceptors (Lipinski definition) is 3. The lowest BCUT2D eigenvalue weighted by Crippen LogP contribution is -2.41. The predicted molar refractivity (Wildman–Crippen MR) is 43.8 cm³/mol. The Morgan fingerprint density at radius 2 is 1.60 bits per heavy atom. The van der Waals surface area contributed by atoms with Gasteiger partial charge in [-0.1, -0.05) is 0 Å². The largest absolute Gasteiger partial charge is 0.482 e. The minimum absolute atomic E-state index is 0.0622. The number of nitrogens with one attached hydrogen (secondary N) is 2. The molecule has 0 atom stereocenters. The third-order valence-corrected chi connectivity index (χ3v) is 1.44. The van der Waals surface area contributed by atoms with E-state index in [2.05, 4.69) is 15.4 Å². The Morgan fingerprint density at radius 3 is 2.07 bits per heavy atom. The monoisotopic (exact) mass is 236 g/mol. The molecule has 0 saturated carbocycles. The van der Waals surface area contributed by atoms with Crippen LogP contribution in [0.25, 0.3) is 0 Å². The summed E-state index contributed by atoms with van der Waals surface area (Å²) in [6, 6.07) is 0. The molecule has 0 fully saturated rings. The molecule has 92 valence electrons. The average molecular weight is 236 g/mol. The molecule has 0 aliphatic rings. The summed E-state index contributed by atoms with van der Waals surface area (Å²) in [5.41, 5.74) is 0. The maximum absolute atomic E-state index is 12.1. The normalized spacial score (nSPS) is 13.2. The van der Waals surface area contributed by atoms with Crippen LogP contribution in [0.15, 0.2) is 0 Å². The van der Waals surface area contributed by atoms with E-state index in [0.717, 1.165) is 0 Å². The third-order valence-electron chi connectivity index (χ3n) is 1.44.